The highest BCUT2D eigenvalue weighted by atomic mass is 16.6. The monoisotopic (exact) mass is 436 g/mol. The fraction of sp³-hybridized carbons (Fsp3) is 0.462. The van der Waals surface area contributed by atoms with Gasteiger partial charge in [0.15, 0.2) is 6.61 Å². The van der Waals surface area contributed by atoms with E-state index in [1.54, 1.807) is 4.90 Å². The average molecular weight is 437 g/mol. The summed E-state index contributed by atoms with van der Waals surface area (Å²) in [6.45, 7) is 8.36. The van der Waals surface area contributed by atoms with E-state index >= 15 is 0 Å². The second-order valence-electron chi connectivity index (χ2n) is 9.68. The van der Waals surface area contributed by atoms with Gasteiger partial charge in [-0.25, -0.2) is 4.79 Å². The number of ether oxygens (including phenoxy) is 2. The lowest BCUT2D eigenvalue weighted by Crippen LogP contribution is -2.45. The highest BCUT2D eigenvalue weighted by molar-refractivity contribution is 5.79. The van der Waals surface area contributed by atoms with Crippen molar-refractivity contribution in [3.05, 3.63) is 54.6 Å². The number of para-hydroxylation sites is 1. The zero-order valence-corrected chi connectivity index (χ0v) is 19.1. The molecule has 4 rings (SSSR count). The summed E-state index contributed by atoms with van der Waals surface area (Å²) in [5.41, 5.74) is 1.54. The van der Waals surface area contributed by atoms with Crippen LogP contribution in [-0.2, 0) is 9.53 Å². The Kier molecular flexibility index (Phi) is 6.40. The van der Waals surface area contributed by atoms with Gasteiger partial charge in [0.2, 0.25) is 0 Å². The third-order valence-electron chi connectivity index (χ3n) is 6.13. The highest BCUT2D eigenvalue weighted by Crippen LogP contribution is 2.33. The number of piperidine rings is 1. The first-order valence-electron chi connectivity index (χ1n) is 11.3. The van der Waals surface area contributed by atoms with Crippen molar-refractivity contribution in [2.45, 2.75) is 32.8 Å². The lowest BCUT2D eigenvalue weighted by Gasteiger charge is -2.34. The molecule has 2 amide bonds. The minimum Gasteiger partial charge on any atom is -0.483 e. The van der Waals surface area contributed by atoms with Crippen LogP contribution in [0.15, 0.2) is 54.6 Å². The lowest BCUT2D eigenvalue weighted by molar-refractivity contribution is -0.135. The quantitative estimate of drug-likeness (QED) is 0.711. The number of hydrogen-bond acceptors (Lipinski definition) is 4. The molecule has 0 aromatic heterocycles. The van der Waals surface area contributed by atoms with Crippen LogP contribution in [0.3, 0.4) is 0 Å². The maximum atomic E-state index is 12.9. The van der Waals surface area contributed by atoms with Gasteiger partial charge in [-0.2, -0.15) is 0 Å². The van der Waals surface area contributed by atoms with Gasteiger partial charge < -0.3 is 19.3 Å². The van der Waals surface area contributed by atoms with E-state index < -0.39 is 5.60 Å². The number of fused-ring (bicyclic) bond motifs is 1. The Morgan fingerprint density at radius 2 is 1.56 bits per heavy atom. The van der Waals surface area contributed by atoms with Crippen LogP contribution < -0.4 is 4.74 Å². The molecule has 0 radical (unpaired) electrons. The van der Waals surface area contributed by atoms with Gasteiger partial charge >= 0.3 is 6.09 Å². The summed E-state index contributed by atoms with van der Waals surface area (Å²) in [5, 5.41) is 0. The van der Waals surface area contributed by atoms with E-state index in [4.69, 9.17) is 9.47 Å². The summed E-state index contributed by atoms with van der Waals surface area (Å²) in [6, 6.07) is 17.8. The summed E-state index contributed by atoms with van der Waals surface area (Å²) < 4.78 is 11.5. The van der Waals surface area contributed by atoms with Gasteiger partial charge in [-0.3, -0.25) is 4.79 Å². The van der Waals surface area contributed by atoms with Gasteiger partial charge in [0.25, 0.3) is 5.91 Å². The molecule has 2 heterocycles. The molecule has 2 aromatic rings. The van der Waals surface area contributed by atoms with Crippen molar-refractivity contribution in [3.63, 3.8) is 0 Å². The minimum absolute atomic E-state index is 0.0109. The largest absolute Gasteiger partial charge is 0.483 e. The Hall–Kier alpha value is -3.02. The number of rotatable bonds is 4. The van der Waals surface area contributed by atoms with Gasteiger partial charge in [0.05, 0.1) is 0 Å². The number of carbonyl (C=O) groups excluding carboxylic acids is 2. The van der Waals surface area contributed by atoms with E-state index in [9.17, 15) is 9.59 Å². The Morgan fingerprint density at radius 1 is 0.906 bits per heavy atom. The van der Waals surface area contributed by atoms with Gasteiger partial charge in [-0.1, -0.05) is 48.5 Å². The molecule has 2 unspecified atom stereocenters. The second kappa shape index (κ2) is 9.23. The molecule has 2 saturated heterocycles. The van der Waals surface area contributed by atoms with Crippen LogP contribution >= 0.6 is 0 Å². The second-order valence-corrected chi connectivity index (χ2v) is 9.68. The number of likely N-dealkylation sites (tertiary alicyclic amines) is 2. The van der Waals surface area contributed by atoms with E-state index in [0.29, 0.717) is 37.8 Å². The third kappa shape index (κ3) is 5.23. The van der Waals surface area contributed by atoms with E-state index in [1.165, 1.54) is 0 Å². The first-order chi connectivity index (χ1) is 15.3. The molecule has 170 valence electrons. The average Bonchev–Trinajstić information content (AvgIpc) is 3.21. The minimum atomic E-state index is -0.500. The predicted molar refractivity (Wildman–Crippen MR) is 123 cm³/mol. The van der Waals surface area contributed by atoms with Crippen molar-refractivity contribution in [3.8, 4) is 16.9 Å². The summed E-state index contributed by atoms with van der Waals surface area (Å²) in [6.07, 6.45) is 0.640. The maximum Gasteiger partial charge on any atom is 0.410 e. The Balaban J connectivity index is 1.33. The summed E-state index contributed by atoms with van der Waals surface area (Å²) >= 11 is 0. The van der Waals surface area contributed by atoms with Crippen molar-refractivity contribution < 1.29 is 19.1 Å². The SMILES string of the molecule is CC(C)(C)OC(=O)N1CC2CCN(C(=O)COc3ccccc3-c3ccccc3)CC2C1. The van der Waals surface area contributed by atoms with Crippen LogP contribution in [0.4, 0.5) is 4.79 Å². The molecule has 32 heavy (non-hydrogen) atoms. The fourth-order valence-corrected chi connectivity index (χ4v) is 4.55. The Bertz CT molecular complexity index is 954. The molecule has 2 atom stereocenters. The molecular formula is C26H32N2O4. The fourth-order valence-electron chi connectivity index (χ4n) is 4.55. The van der Waals surface area contributed by atoms with Crippen LogP contribution in [-0.4, -0.2) is 60.2 Å². The number of nitrogens with zero attached hydrogens (tertiary/aromatic N) is 2. The zero-order valence-electron chi connectivity index (χ0n) is 19.1. The van der Waals surface area contributed by atoms with Crippen molar-refractivity contribution in [2.24, 2.45) is 11.8 Å². The molecule has 2 aliphatic heterocycles. The third-order valence-corrected chi connectivity index (χ3v) is 6.13. The van der Waals surface area contributed by atoms with Crippen molar-refractivity contribution in [1.29, 1.82) is 0 Å². The number of amides is 2. The molecule has 0 aliphatic carbocycles. The normalized spacial score (nSPS) is 20.6. The summed E-state index contributed by atoms with van der Waals surface area (Å²) in [7, 11) is 0. The molecule has 2 aromatic carbocycles. The van der Waals surface area contributed by atoms with Crippen LogP contribution in [0.25, 0.3) is 11.1 Å². The van der Waals surface area contributed by atoms with Crippen LogP contribution in [0.1, 0.15) is 27.2 Å². The lowest BCUT2D eigenvalue weighted by atomic mass is 9.89. The van der Waals surface area contributed by atoms with E-state index in [2.05, 4.69) is 0 Å². The van der Waals surface area contributed by atoms with Crippen LogP contribution in [0.2, 0.25) is 0 Å². The maximum absolute atomic E-state index is 12.9. The molecule has 0 spiro atoms. The molecule has 2 aliphatic rings. The molecule has 0 bridgehead atoms. The molecule has 0 saturated carbocycles. The molecular weight excluding hydrogens is 404 g/mol. The summed E-state index contributed by atoms with van der Waals surface area (Å²) in [5.74, 6) is 1.41. The van der Waals surface area contributed by atoms with Gasteiger partial charge in [-0.05, 0) is 50.7 Å². The number of carbonyl (C=O) groups is 2. The topological polar surface area (TPSA) is 59.1 Å². The molecule has 6 nitrogen and oxygen atoms in total. The first-order valence-corrected chi connectivity index (χ1v) is 11.3. The molecule has 0 N–H and O–H groups in total. The Labute approximate surface area is 190 Å². The van der Waals surface area contributed by atoms with Gasteiger partial charge in [-0.15, -0.1) is 0 Å². The number of hydrogen-bond donors (Lipinski definition) is 0. The van der Waals surface area contributed by atoms with Crippen molar-refractivity contribution in [1.82, 2.24) is 9.80 Å². The van der Waals surface area contributed by atoms with Gasteiger partial charge in [0, 0.05) is 31.7 Å². The Morgan fingerprint density at radius 3 is 2.31 bits per heavy atom. The standard InChI is InChI=1S/C26H32N2O4/c1-26(2,3)32-25(30)28-15-20-13-14-27(16-21(20)17-28)24(29)18-31-23-12-8-7-11-22(23)19-9-5-4-6-10-19/h4-12,20-21H,13-18H2,1-3H3. The van der Waals surface area contributed by atoms with Crippen LogP contribution in [0, 0.1) is 11.8 Å². The molecule has 2 fully saturated rings. The van der Waals surface area contributed by atoms with E-state index in [1.807, 2.05) is 80.3 Å². The van der Waals surface area contributed by atoms with Crippen LogP contribution in [0.5, 0.6) is 5.75 Å². The smallest absolute Gasteiger partial charge is 0.410 e. The highest BCUT2D eigenvalue weighted by Gasteiger charge is 2.41. The van der Waals surface area contributed by atoms with Crippen molar-refractivity contribution >= 4 is 12.0 Å². The zero-order chi connectivity index (χ0) is 22.7. The van der Waals surface area contributed by atoms with Gasteiger partial charge in [0.1, 0.15) is 11.4 Å². The van der Waals surface area contributed by atoms with E-state index in [0.717, 1.165) is 17.5 Å². The summed E-state index contributed by atoms with van der Waals surface area (Å²) in [4.78, 5) is 29.0. The molecule has 6 heteroatoms. The number of benzene rings is 2. The van der Waals surface area contributed by atoms with Crippen molar-refractivity contribution in [2.75, 3.05) is 32.8 Å². The predicted octanol–water partition coefficient (Wildman–Crippen LogP) is 4.45. The van der Waals surface area contributed by atoms with E-state index in [-0.39, 0.29) is 24.5 Å². The first kappa shape index (κ1) is 22.2.